The first-order valence-electron chi connectivity index (χ1n) is 9.35. The van der Waals surface area contributed by atoms with Gasteiger partial charge in [-0.05, 0) is 42.8 Å². The van der Waals surface area contributed by atoms with Crippen molar-refractivity contribution in [1.29, 1.82) is 0 Å². The Morgan fingerprint density at radius 1 is 1.20 bits per heavy atom. The van der Waals surface area contributed by atoms with Gasteiger partial charge in [-0.3, -0.25) is 9.59 Å². The first kappa shape index (κ1) is 21.0. The molecule has 0 saturated carbocycles. The second-order valence-corrected chi connectivity index (χ2v) is 6.92. The van der Waals surface area contributed by atoms with Gasteiger partial charge in [0.25, 0.3) is 11.8 Å². The Bertz CT molecular complexity index is 1060. The fourth-order valence-electron chi connectivity index (χ4n) is 2.77. The number of aryl methyl sites for hydroxylation is 1. The Kier molecular flexibility index (Phi) is 6.46. The van der Waals surface area contributed by atoms with Crippen molar-refractivity contribution in [2.45, 2.75) is 13.5 Å². The number of nitrogens with one attached hydrogen (secondary N) is 1. The number of nitrogens with zero attached hydrogens (tertiary/aromatic N) is 3. The summed E-state index contributed by atoms with van der Waals surface area (Å²) in [4.78, 5) is 29.6. The number of ether oxygens (including phenoxy) is 1. The van der Waals surface area contributed by atoms with Gasteiger partial charge < -0.3 is 19.5 Å². The number of rotatable bonds is 7. The minimum Gasteiger partial charge on any atom is -0.484 e. The highest BCUT2D eigenvalue weighted by Gasteiger charge is 2.11. The summed E-state index contributed by atoms with van der Waals surface area (Å²) in [5.41, 5.74) is 1.42. The fourth-order valence-corrected chi connectivity index (χ4v) is 2.77. The van der Waals surface area contributed by atoms with Crippen molar-refractivity contribution in [2.75, 3.05) is 20.7 Å². The highest BCUT2D eigenvalue weighted by Crippen LogP contribution is 2.17. The Balaban J connectivity index is 1.62. The average Bonchev–Trinajstić information content (AvgIpc) is 3.16. The molecule has 0 aliphatic heterocycles. The molecule has 0 aliphatic carbocycles. The maximum absolute atomic E-state index is 14.5. The minimum atomic E-state index is -0.399. The van der Waals surface area contributed by atoms with Gasteiger partial charge in [0, 0.05) is 38.6 Å². The number of amides is 2. The van der Waals surface area contributed by atoms with Gasteiger partial charge in [-0.25, -0.2) is 9.37 Å². The normalized spacial score (nSPS) is 10.5. The van der Waals surface area contributed by atoms with Gasteiger partial charge in [0.1, 0.15) is 17.4 Å². The summed E-state index contributed by atoms with van der Waals surface area (Å²) >= 11 is 0. The number of aromatic nitrogens is 2. The molecule has 0 unspecified atom stereocenters. The lowest BCUT2D eigenvalue weighted by molar-refractivity contribution is -0.130. The third-order valence-electron chi connectivity index (χ3n) is 4.51. The van der Waals surface area contributed by atoms with E-state index in [1.54, 1.807) is 74.4 Å². The van der Waals surface area contributed by atoms with Crippen molar-refractivity contribution in [3.8, 4) is 11.4 Å². The third kappa shape index (κ3) is 5.02. The molecule has 2 aromatic carbocycles. The van der Waals surface area contributed by atoms with E-state index in [-0.39, 0.29) is 25.0 Å². The van der Waals surface area contributed by atoms with Crippen LogP contribution in [0.1, 0.15) is 21.7 Å². The van der Waals surface area contributed by atoms with Crippen LogP contribution in [0.2, 0.25) is 0 Å². The van der Waals surface area contributed by atoms with Crippen LogP contribution in [0.15, 0.2) is 54.9 Å². The molecule has 0 radical (unpaired) electrons. The van der Waals surface area contributed by atoms with Gasteiger partial charge in [-0.15, -0.1) is 0 Å². The zero-order valence-corrected chi connectivity index (χ0v) is 17.1. The first-order chi connectivity index (χ1) is 14.3. The second-order valence-electron chi connectivity index (χ2n) is 6.92. The molecule has 8 heteroatoms. The summed E-state index contributed by atoms with van der Waals surface area (Å²) in [5.74, 6) is 0.202. The summed E-state index contributed by atoms with van der Waals surface area (Å²) in [6, 6.07) is 11.3. The minimum absolute atomic E-state index is 0.111. The zero-order chi connectivity index (χ0) is 21.7. The topological polar surface area (TPSA) is 76.5 Å². The number of halogens is 1. The van der Waals surface area contributed by atoms with Gasteiger partial charge in [0.15, 0.2) is 6.61 Å². The molecule has 0 aliphatic rings. The lowest BCUT2D eigenvalue weighted by Gasteiger charge is -2.12. The largest absolute Gasteiger partial charge is 0.484 e. The molecule has 30 heavy (non-hydrogen) atoms. The van der Waals surface area contributed by atoms with Gasteiger partial charge in [0.05, 0.1) is 5.69 Å². The molecular weight excluding hydrogens is 387 g/mol. The maximum Gasteiger partial charge on any atom is 0.259 e. The van der Waals surface area contributed by atoms with Crippen LogP contribution in [-0.2, 0) is 11.3 Å². The van der Waals surface area contributed by atoms with Gasteiger partial charge >= 0.3 is 0 Å². The fraction of sp³-hybridized carbons (Fsp3) is 0.227. The van der Waals surface area contributed by atoms with Crippen molar-refractivity contribution in [2.24, 2.45) is 0 Å². The molecule has 1 N–H and O–H groups in total. The van der Waals surface area contributed by atoms with Crippen LogP contribution in [0.25, 0.3) is 5.69 Å². The monoisotopic (exact) mass is 410 g/mol. The lowest BCUT2D eigenvalue weighted by Crippen LogP contribution is -2.27. The van der Waals surface area contributed by atoms with E-state index < -0.39 is 5.82 Å². The molecule has 0 fully saturated rings. The van der Waals surface area contributed by atoms with E-state index in [2.05, 4.69) is 10.3 Å². The zero-order valence-electron chi connectivity index (χ0n) is 17.1. The van der Waals surface area contributed by atoms with E-state index >= 15 is 0 Å². The molecule has 0 spiro atoms. The van der Waals surface area contributed by atoms with Crippen molar-refractivity contribution in [3.05, 3.63) is 77.6 Å². The Labute approximate surface area is 174 Å². The number of benzene rings is 2. The molecule has 0 saturated heterocycles. The van der Waals surface area contributed by atoms with Crippen LogP contribution in [0, 0.1) is 12.7 Å². The molecule has 3 rings (SSSR count). The maximum atomic E-state index is 14.5. The van der Waals surface area contributed by atoms with E-state index in [1.807, 2.05) is 0 Å². The summed E-state index contributed by atoms with van der Waals surface area (Å²) in [6.07, 6.45) is 3.30. The van der Waals surface area contributed by atoms with Crippen LogP contribution >= 0.6 is 0 Å². The lowest BCUT2D eigenvalue weighted by atomic mass is 10.1. The third-order valence-corrected chi connectivity index (χ3v) is 4.51. The SMILES string of the molecule is Cc1nccn1-c1ccc(CNC(=O)c2cccc(OCC(=O)N(C)C)c2)cc1F. The standard InChI is InChI=1S/C22H23FN4O3/c1-15-24-9-10-27(15)20-8-7-16(11-19(20)23)13-25-22(29)17-5-4-6-18(12-17)30-14-21(28)26(2)3/h4-12H,13-14H2,1-3H3,(H,25,29). The number of likely N-dealkylation sites (N-methyl/N-ethyl adjacent to an activating group) is 1. The summed E-state index contributed by atoms with van der Waals surface area (Å²) in [6.45, 7) is 1.85. The van der Waals surface area contributed by atoms with Crippen molar-refractivity contribution < 1.29 is 18.7 Å². The first-order valence-corrected chi connectivity index (χ1v) is 9.35. The average molecular weight is 410 g/mol. The molecule has 0 bridgehead atoms. The molecule has 1 aromatic heterocycles. The summed E-state index contributed by atoms with van der Waals surface area (Å²) in [5, 5.41) is 2.76. The number of carbonyl (C=O) groups excluding carboxylic acids is 2. The van der Waals surface area contributed by atoms with Gasteiger partial charge in [-0.2, -0.15) is 0 Å². The van der Waals surface area contributed by atoms with E-state index in [1.165, 1.54) is 11.0 Å². The van der Waals surface area contributed by atoms with Gasteiger partial charge in [0.2, 0.25) is 0 Å². The molecule has 1 heterocycles. The van der Waals surface area contributed by atoms with Crippen LogP contribution in [-0.4, -0.2) is 47.0 Å². The van der Waals surface area contributed by atoms with E-state index in [0.29, 0.717) is 28.4 Å². The van der Waals surface area contributed by atoms with E-state index in [9.17, 15) is 14.0 Å². The number of carbonyl (C=O) groups is 2. The van der Waals surface area contributed by atoms with E-state index in [4.69, 9.17) is 4.74 Å². The quantitative estimate of drug-likeness (QED) is 0.650. The number of imidazole rings is 1. The van der Waals surface area contributed by atoms with Crippen LogP contribution in [0.3, 0.4) is 0 Å². The van der Waals surface area contributed by atoms with Crippen LogP contribution < -0.4 is 10.1 Å². The van der Waals surface area contributed by atoms with Crippen LogP contribution in [0.5, 0.6) is 5.75 Å². The number of hydrogen-bond acceptors (Lipinski definition) is 4. The molecule has 156 valence electrons. The highest BCUT2D eigenvalue weighted by atomic mass is 19.1. The molecule has 3 aromatic rings. The molecule has 2 amide bonds. The van der Waals surface area contributed by atoms with Crippen LogP contribution in [0.4, 0.5) is 4.39 Å². The van der Waals surface area contributed by atoms with Crippen molar-refractivity contribution in [1.82, 2.24) is 19.8 Å². The van der Waals surface area contributed by atoms with Gasteiger partial charge in [-0.1, -0.05) is 12.1 Å². The van der Waals surface area contributed by atoms with Crippen molar-refractivity contribution in [3.63, 3.8) is 0 Å². The van der Waals surface area contributed by atoms with E-state index in [0.717, 1.165) is 0 Å². The molecule has 0 atom stereocenters. The Morgan fingerprint density at radius 3 is 2.67 bits per heavy atom. The molecule has 7 nitrogen and oxygen atoms in total. The second kappa shape index (κ2) is 9.21. The summed E-state index contributed by atoms with van der Waals surface area (Å²) < 4.78 is 21.6. The van der Waals surface area contributed by atoms with Crippen molar-refractivity contribution >= 4 is 11.8 Å². The highest BCUT2D eigenvalue weighted by molar-refractivity contribution is 5.94. The Hall–Kier alpha value is -3.68. The Morgan fingerprint density at radius 2 is 2.00 bits per heavy atom. The smallest absolute Gasteiger partial charge is 0.259 e. The number of hydrogen-bond donors (Lipinski definition) is 1. The molecular formula is C22H23FN4O3. The predicted octanol–water partition coefficient (Wildman–Crippen LogP) is 2.72. The summed E-state index contributed by atoms with van der Waals surface area (Å²) in [7, 11) is 3.28. The predicted molar refractivity (Wildman–Crippen MR) is 110 cm³/mol.